The second kappa shape index (κ2) is 8.08. The van der Waals surface area contributed by atoms with Crippen LogP contribution in [0, 0.1) is 0 Å². The number of anilines is 2. The Kier molecular flexibility index (Phi) is 6.12. The molecule has 0 radical (unpaired) electrons. The molecule has 8 heteroatoms. The summed E-state index contributed by atoms with van der Waals surface area (Å²) in [6, 6.07) is 1.84. The molecule has 8 nitrogen and oxygen atoms in total. The van der Waals surface area contributed by atoms with Crippen molar-refractivity contribution in [3.8, 4) is 0 Å². The van der Waals surface area contributed by atoms with Crippen molar-refractivity contribution in [1.82, 2.24) is 14.9 Å². The summed E-state index contributed by atoms with van der Waals surface area (Å²) in [5.41, 5.74) is 2.58. The SMILES string of the molecule is CCOCc1nc(NN)cc(N2CCN(CCO)CC2)n1. The predicted molar refractivity (Wildman–Crippen MR) is 80.9 cm³/mol. The molecule has 21 heavy (non-hydrogen) atoms. The summed E-state index contributed by atoms with van der Waals surface area (Å²) >= 11 is 0. The third-order valence-corrected chi connectivity index (χ3v) is 3.45. The number of aromatic nitrogens is 2. The van der Waals surface area contributed by atoms with Gasteiger partial charge in [0.2, 0.25) is 0 Å². The molecule has 0 saturated carbocycles. The standard InChI is InChI=1S/C13H24N6O2/c1-2-21-10-12-15-11(17-14)9-13(16-12)19-5-3-18(4-6-19)7-8-20/h9,20H,2-8,10,14H2,1H3,(H,15,16,17). The maximum Gasteiger partial charge on any atom is 0.158 e. The highest BCUT2D eigenvalue weighted by atomic mass is 16.5. The lowest BCUT2D eigenvalue weighted by Crippen LogP contribution is -2.47. The fraction of sp³-hybridized carbons (Fsp3) is 0.692. The molecule has 0 aromatic carbocycles. The number of ether oxygens (including phenoxy) is 1. The van der Waals surface area contributed by atoms with Crippen LogP contribution in [0.3, 0.4) is 0 Å². The van der Waals surface area contributed by atoms with Crippen LogP contribution in [0.4, 0.5) is 11.6 Å². The minimum atomic E-state index is 0.202. The number of nitrogens with two attached hydrogens (primary N) is 1. The van der Waals surface area contributed by atoms with Crippen LogP contribution in [0.15, 0.2) is 6.07 Å². The minimum absolute atomic E-state index is 0.202. The summed E-state index contributed by atoms with van der Waals surface area (Å²) < 4.78 is 5.36. The lowest BCUT2D eigenvalue weighted by atomic mass is 10.3. The summed E-state index contributed by atoms with van der Waals surface area (Å²) in [7, 11) is 0. The van der Waals surface area contributed by atoms with Gasteiger partial charge in [0.15, 0.2) is 5.82 Å². The van der Waals surface area contributed by atoms with Gasteiger partial charge in [-0.15, -0.1) is 0 Å². The molecule has 2 heterocycles. The second-order valence-electron chi connectivity index (χ2n) is 4.86. The summed E-state index contributed by atoms with van der Waals surface area (Å²) in [5, 5.41) is 8.98. The number of hydrazine groups is 1. The van der Waals surface area contributed by atoms with Gasteiger partial charge in [0, 0.05) is 45.4 Å². The molecule has 1 aliphatic rings. The lowest BCUT2D eigenvalue weighted by molar-refractivity contribution is 0.128. The minimum Gasteiger partial charge on any atom is -0.395 e. The fourth-order valence-electron chi connectivity index (χ4n) is 2.32. The van der Waals surface area contributed by atoms with Crippen molar-refractivity contribution in [3.63, 3.8) is 0 Å². The molecule has 0 atom stereocenters. The molecule has 118 valence electrons. The average Bonchev–Trinajstić information content (AvgIpc) is 2.53. The first-order valence-electron chi connectivity index (χ1n) is 7.27. The molecule has 2 rings (SSSR count). The normalized spacial score (nSPS) is 16.2. The zero-order valence-electron chi connectivity index (χ0n) is 12.5. The molecule has 4 N–H and O–H groups in total. The third-order valence-electron chi connectivity index (χ3n) is 3.45. The van der Waals surface area contributed by atoms with Crippen LogP contribution < -0.4 is 16.2 Å². The number of aliphatic hydroxyl groups is 1. The Labute approximate surface area is 124 Å². The van der Waals surface area contributed by atoms with E-state index < -0.39 is 0 Å². The Bertz CT molecular complexity index is 437. The fourth-order valence-corrected chi connectivity index (χ4v) is 2.32. The number of aliphatic hydroxyl groups excluding tert-OH is 1. The van der Waals surface area contributed by atoms with E-state index in [-0.39, 0.29) is 6.61 Å². The van der Waals surface area contributed by atoms with E-state index in [1.54, 1.807) is 0 Å². The number of rotatable bonds is 7. The quantitative estimate of drug-likeness (QED) is 0.454. The van der Waals surface area contributed by atoms with E-state index in [1.807, 2.05) is 13.0 Å². The highest BCUT2D eigenvalue weighted by molar-refractivity contribution is 5.49. The monoisotopic (exact) mass is 296 g/mol. The van der Waals surface area contributed by atoms with Crippen molar-refractivity contribution < 1.29 is 9.84 Å². The number of β-amino-alcohol motifs (C(OH)–C–C–N with tert-alkyl or cyclic N) is 1. The molecule has 1 saturated heterocycles. The predicted octanol–water partition coefficient (Wildman–Crippen LogP) is -0.587. The Balaban J connectivity index is 2.04. The van der Waals surface area contributed by atoms with Crippen LogP contribution in [0.5, 0.6) is 0 Å². The van der Waals surface area contributed by atoms with E-state index >= 15 is 0 Å². The van der Waals surface area contributed by atoms with Gasteiger partial charge in [-0.05, 0) is 6.92 Å². The van der Waals surface area contributed by atoms with E-state index in [4.69, 9.17) is 15.7 Å². The van der Waals surface area contributed by atoms with Crippen LogP contribution >= 0.6 is 0 Å². The van der Waals surface area contributed by atoms with Gasteiger partial charge in [0.05, 0.1) is 6.61 Å². The topological polar surface area (TPSA) is 99.8 Å². The van der Waals surface area contributed by atoms with E-state index in [0.29, 0.717) is 24.9 Å². The van der Waals surface area contributed by atoms with Gasteiger partial charge < -0.3 is 20.2 Å². The van der Waals surface area contributed by atoms with Crippen LogP contribution in [0.25, 0.3) is 0 Å². The molecule has 1 aromatic heterocycles. The molecule has 1 aromatic rings. The Morgan fingerprint density at radius 3 is 2.71 bits per heavy atom. The van der Waals surface area contributed by atoms with Gasteiger partial charge >= 0.3 is 0 Å². The van der Waals surface area contributed by atoms with E-state index in [0.717, 1.165) is 38.5 Å². The number of nitrogen functional groups attached to an aromatic ring is 1. The Morgan fingerprint density at radius 1 is 1.33 bits per heavy atom. The first-order chi connectivity index (χ1) is 10.3. The van der Waals surface area contributed by atoms with Crippen molar-refractivity contribution >= 4 is 11.6 Å². The summed E-state index contributed by atoms with van der Waals surface area (Å²) in [6.07, 6.45) is 0. The largest absolute Gasteiger partial charge is 0.395 e. The van der Waals surface area contributed by atoms with Gasteiger partial charge in [-0.3, -0.25) is 4.90 Å². The average molecular weight is 296 g/mol. The molecule has 0 amide bonds. The first kappa shape index (κ1) is 15.9. The zero-order chi connectivity index (χ0) is 15.1. The number of hydrogen-bond acceptors (Lipinski definition) is 8. The van der Waals surface area contributed by atoms with Gasteiger partial charge in [-0.2, -0.15) is 0 Å². The molecule has 0 bridgehead atoms. The van der Waals surface area contributed by atoms with Gasteiger partial charge in [-0.25, -0.2) is 15.8 Å². The number of piperazine rings is 1. The molecule has 0 unspecified atom stereocenters. The Morgan fingerprint density at radius 2 is 2.10 bits per heavy atom. The maximum atomic E-state index is 8.98. The molecular weight excluding hydrogens is 272 g/mol. The van der Waals surface area contributed by atoms with E-state index in [1.165, 1.54) is 0 Å². The first-order valence-corrected chi connectivity index (χ1v) is 7.27. The highest BCUT2D eigenvalue weighted by Gasteiger charge is 2.18. The van der Waals surface area contributed by atoms with Crippen molar-refractivity contribution in [2.75, 3.05) is 56.3 Å². The van der Waals surface area contributed by atoms with Crippen molar-refractivity contribution in [1.29, 1.82) is 0 Å². The van der Waals surface area contributed by atoms with Gasteiger partial charge in [0.25, 0.3) is 0 Å². The smallest absolute Gasteiger partial charge is 0.158 e. The van der Waals surface area contributed by atoms with Crippen LogP contribution in [0.1, 0.15) is 12.7 Å². The van der Waals surface area contributed by atoms with Crippen LogP contribution in [-0.2, 0) is 11.3 Å². The number of hydrogen-bond donors (Lipinski definition) is 3. The molecule has 1 aliphatic heterocycles. The van der Waals surface area contributed by atoms with Crippen molar-refractivity contribution in [2.45, 2.75) is 13.5 Å². The summed E-state index contributed by atoms with van der Waals surface area (Å²) in [5.74, 6) is 7.54. The number of nitrogens with zero attached hydrogens (tertiary/aromatic N) is 4. The molecular formula is C13H24N6O2. The molecule has 0 aliphatic carbocycles. The highest BCUT2D eigenvalue weighted by Crippen LogP contribution is 2.17. The number of nitrogens with one attached hydrogen (secondary N) is 1. The lowest BCUT2D eigenvalue weighted by Gasteiger charge is -2.35. The van der Waals surface area contributed by atoms with Crippen LogP contribution in [-0.4, -0.2) is 65.9 Å². The van der Waals surface area contributed by atoms with Gasteiger partial charge in [-0.1, -0.05) is 0 Å². The second-order valence-corrected chi connectivity index (χ2v) is 4.86. The van der Waals surface area contributed by atoms with Crippen molar-refractivity contribution in [2.24, 2.45) is 5.84 Å². The van der Waals surface area contributed by atoms with E-state index in [2.05, 4.69) is 25.2 Å². The van der Waals surface area contributed by atoms with Crippen LogP contribution in [0.2, 0.25) is 0 Å². The molecule has 1 fully saturated rings. The van der Waals surface area contributed by atoms with Crippen molar-refractivity contribution in [3.05, 3.63) is 11.9 Å². The Hall–Kier alpha value is -1.48. The summed E-state index contributed by atoms with van der Waals surface area (Å²) in [4.78, 5) is 13.3. The van der Waals surface area contributed by atoms with Gasteiger partial charge in [0.1, 0.15) is 18.2 Å². The third kappa shape index (κ3) is 4.50. The maximum absolute atomic E-state index is 8.98. The summed E-state index contributed by atoms with van der Waals surface area (Å²) in [6.45, 7) is 7.43. The zero-order valence-corrected chi connectivity index (χ0v) is 12.5. The molecule has 0 spiro atoms. The van der Waals surface area contributed by atoms with E-state index in [9.17, 15) is 0 Å².